The fourth-order valence-electron chi connectivity index (χ4n) is 3.55. The maximum Gasteiger partial charge on any atom is 0.318 e. The van der Waals surface area contributed by atoms with Crippen molar-refractivity contribution >= 4 is 6.03 Å². The van der Waals surface area contributed by atoms with Crippen molar-refractivity contribution < 1.29 is 14.3 Å². The number of methoxy groups -OCH3 is 2. The summed E-state index contributed by atoms with van der Waals surface area (Å²) in [6, 6.07) is 13.9. The molecule has 1 aliphatic rings. The van der Waals surface area contributed by atoms with E-state index < -0.39 is 0 Å². The van der Waals surface area contributed by atoms with Crippen molar-refractivity contribution in [1.29, 1.82) is 0 Å². The number of urea groups is 1. The van der Waals surface area contributed by atoms with E-state index in [1.165, 1.54) is 5.56 Å². The van der Waals surface area contributed by atoms with Crippen LogP contribution in [0.1, 0.15) is 43.5 Å². The molecule has 5 heteroatoms. The number of carbonyl (C=O) groups excluding carboxylic acids is 1. The zero-order chi connectivity index (χ0) is 19.6. The number of hydrogen-bond acceptors (Lipinski definition) is 3. The predicted octanol–water partition coefficient (Wildman–Crippen LogP) is 4.16. The van der Waals surface area contributed by atoms with Crippen molar-refractivity contribution in [2.24, 2.45) is 0 Å². The van der Waals surface area contributed by atoms with Crippen molar-refractivity contribution in [3.05, 3.63) is 59.2 Å². The summed E-state index contributed by atoms with van der Waals surface area (Å²) in [5.41, 5.74) is 3.04. The van der Waals surface area contributed by atoms with Gasteiger partial charge in [-0.05, 0) is 56.0 Å². The lowest BCUT2D eigenvalue weighted by molar-refractivity contribution is 0.171. The van der Waals surface area contributed by atoms with E-state index >= 15 is 0 Å². The van der Waals surface area contributed by atoms with Gasteiger partial charge in [-0.2, -0.15) is 0 Å². The maximum absolute atomic E-state index is 13.0. The average molecular weight is 368 g/mol. The molecule has 2 amide bonds. The van der Waals surface area contributed by atoms with E-state index in [0.717, 1.165) is 23.3 Å². The van der Waals surface area contributed by atoms with Crippen molar-refractivity contribution in [2.75, 3.05) is 20.8 Å². The van der Waals surface area contributed by atoms with E-state index in [1.807, 2.05) is 56.0 Å². The Labute approximate surface area is 161 Å². The number of rotatable bonds is 3. The Morgan fingerprint density at radius 1 is 1.07 bits per heavy atom. The summed E-state index contributed by atoms with van der Waals surface area (Å²) < 4.78 is 11.0. The second-order valence-electron chi connectivity index (χ2n) is 7.84. The minimum atomic E-state index is -0.295. The summed E-state index contributed by atoms with van der Waals surface area (Å²) in [5, 5.41) is 3.10. The van der Waals surface area contributed by atoms with E-state index in [9.17, 15) is 4.79 Å². The molecule has 0 spiro atoms. The molecule has 0 bridgehead atoms. The smallest absolute Gasteiger partial charge is 0.318 e. The summed E-state index contributed by atoms with van der Waals surface area (Å²) in [6.07, 6.45) is 0.774. The van der Waals surface area contributed by atoms with Gasteiger partial charge in [-0.25, -0.2) is 4.79 Å². The standard InChI is InChI=1S/C22H28N2O3/c1-22(2,3)23-21(25)24-12-11-16-13-18(26-4)19(27-5)14-17(16)20(24)15-9-7-6-8-10-15/h6-10,13-14,20H,11-12H2,1-5H3,(H,23,25)/t20-/m0/s1. The van der Waals surface area contributed by atoms with Gasteiger partial charge in [0.15, 0.2) is 11.5 Å². The predicted molar refractivity (Wildman–Crippen MR) is 107 cm³/mol. The van der Waals surface area contributed by atoms with Crippen LogP contribution in [0.5, 0.6) is 11.5 Å². The van der Waals surface area contributed by atoms with Gasteiger partial charge in [-0.3, -0.25) is 0 Å². The molecule has 0 radical (unpaired) electrons. The van der Waals surface area contributed by atoms with Gasteiger partial charge >= 0.3 is 6.03 Å². The maximum atomic E-state index is 13.0. The summed E-state index contributed by atoms with van der Waals surface area (Å²) in [5.74, 6) is 1.39. The first kappa shape index (κ1) is 19.1. The molecule has 3 rings (SSSR count). The van der Waals surface area contributed by atoms with Crippen LogP contribution in [-0.2, 0) is 6.42 Å². The number of amides is 2. The van der Waals surface area contributed by atoms with Gasteiger partial charge in [0.2, 0.25) is 0 Å². The van der Waals surface area contributed by atoms with Gasteiger partial charge in [-0.1, -0.05) is 30.3 Å². The molecule has 1 N–H and O–H groups in total. The Morgan fingerprint density at radius 3 is 2.30 bits per heavy atom. The van der Waals surface area contributed by atoms with Crippen molar-refractivity contribution in [3.63, 3.8) is 0 Å². The Balaban J connectivity index is 2.10. The van der Waals surface area contributed by atoms with Gasteiger partial charge in [0.05, 0.1) is 20.3 Å². The third-order valence-electron chi connectivity index (χ3n) is 4.73. The number of ether oxygens (including phenoxy) is 2. The minimum Gasteiger partial charge on any atom is -0.493 e. The SMILES string of the molecule is COc1cc2c(cc1OC)[C@H](c1ccccc1)N(C(=O)NC(C)(C)C)CC2. The molecule has 0 unspecified atom stereocenters. The van der Waals surface area contributed by atoms with Crippen LogP contribution in [0.2, 0.25) is 0 Å². The lowest BCUT2D eigenvalue weighted by atomic mass is 9.87. The van der Waals surface area contributed by atoms with E-state index in [0.29, 0.717) is 12.3 Å². The largest absolute Gasteiger partial charge is 0.493 e. The summed E-state index contributed by atoms with van der Waals surface area (Å²) in [6.45, 7) is 6.63. The molecule has 0 aliphatic carbocycles. The third-order valence-corrected chi connectivity index (χ3v) is 4.73. The van der Waals surface area contributed by atoms with Gasteiger partial charge in [0, 0.05) is 12.1 Å². The molecule has 0 aromatic heterocycles. The van der Waals surface area contributed by atoms with Gasteiger partial charge in [-0.15, -0.1) is 0 Å². The highest BCUT2D eigenvalue weighted by atomic mass is 16.5. The monoisotopic (exact) mass is 368 g/mol. The summed E-state index contributed by atoms with van der Waals surface area (Å²) >= 11 is 0. The number of carbonyl (C=O) groups is 1. The first-order valence-electron chi connectivity index (χ1n) is 9.22. The van der Waals surface area contributed by atoms with E-state index in [1.54, 1.807) is 14.2 Å². The quantitative estimate of drug-likeness (QED) is 0.885. The van der Waals surface area contributed by atoms with E-state index in [4.69, 9.17) is 9.47 Å². The van der Waals surface area contributed by atoms with Crippen LogP contribution in [-0.4, -0.2) is 37.2 Å². The topological polar surface area (TPSA) is 50.8 Å². The Bertz CT molecular complexity index is 812. The van der Waals surface area contributed by atoms with Crippen LogP contribution < -0.4 is 14.8 Å². The van der Waals surface area contributed by atoms with Gasteiger partial charge < -0.3 is 19.7 Å². The molecule has 0 saturated heterocycles. The van der Waals surface area contributed by atoms with E-state index in [2.05, 4.69) is 17.4 Å². The zero-order valence-electron chi connectivity index (χ0n) is 16.7. The molecule has 1 aliphatic heterocycles. The van der Waals surface area contributed by atoms with Gasteiger partial charge in [0.1, 0.15) is 0 Å². The number of fused-ring (bicyclic) bond motifs is 1. The Hall–Kier alpha value is -2.69. The minimum absolute atomic E-state index is 0.0585. The third kappa shape index (κ3) is 4.02. The molecule has 1 atom stereocenters. The molecule has 1 heterocycles. The Morgan fingerprint density at radius 2 is 1.70 bits per heavy atom. The summed E-state index contributed by atoms with van der Waals surface area (Å²) in [7, 11) is 3.28. The summed E-state index contributed by atoms with van der Waals surface area (Å²) in [4.78, 5) is 15.0. The highest BCUT2D eigenvalue weighted by Gasteiger charge is 2.34. The van der Waals surface area contributed by atoms with Crippen LogP contribution in [0.4, 0.5) is 4.79 Å². The van der Waals surface area contributed by atoms with Gasteiger partial charge in [0.25, 0.3) is 0 Å². The van der Waals surface area contributed by atoms with Crippen LogP contribution in [0, 0.1) is 0 Å². The average Bonchev–Trinajstić information content (AvgIpc) is 2.65. The number of benzene rings is 2. The number of nitrogens with one attached hydrogen (secondary N) is 1. The first-order valence-corrected chi connectivity index (χ1v) is 9.22. The fourth-order valence-corrected chi connectivity index (χ4v) is 3.55. The molecule has 27 heavy (non-hydrogen) atoms. The molecule has 2 aromatic carbocycles. The molecule has 144 valence electrons. The van der Waals surface area contributed by atoms with Crippen molar-refractivity contribution in [2.45, 2.75) is 38.8 Å². The number of nitrogens with zero attached hydrogens (tertiary/aromatic N) is 1. The first-order chi connectivity index (χ1) is 12.8. The van der Waals surface area contributed by atoms with Crippen molar-refractivity contribution in [1.82, 2.24) is 10.2 Å². The highest BCUT2D eigenvalue weighted by Crippen LogP contribution is 2.41. The zero-order valence-corrected chi connectivity index (χ0v) is 16.7. The second kappa shape index (κ2) is 7.51. The highest BCUT2D eigenvalue weighted by molar-refractivity contribution is 5.77. The number of hydrogen-bond donors (Lipinski definition) is 1. The van der Waals surface area contributed by atoms with Crippen LogP contribution >= 0.6 is 0 Å². The molecule has 0 fully saturated rings. The molecule has 0 saturated carbocycles. The molecule has 2 aromatic rings. The normalized spacial score (nSPS) is 16.5. The molecular weight excluding hydrogens is 340 g/mol. The van der Waals surface area contributed by atoms with E-state index in [-0.39, 0.29) is 17.6 Å². The van der Waals surface area contributed by atoms with Crippen LogP contribution in [0.25, 0.3) is 0 Å². The molecular formula is C22H28N2O3. The van der Waals surface area contributed by atoms with Crippen LogP contribution in [0.15, 0.2) is 42.5 Å². The fraction of sp³-hybridized carbons (Fsp3) is 0.409. The lowest BCUT2D eigenvalue weighted by Crippen LogP contribution is -2.51. The Kier molecular flexibility index (Phi) is 5.31. The second-order valence-corrected chi connectivity index (χ2v) is 7.84. The lowest BCUT2D eigenvalue weighted by Gasteiger charge is -2.39. The molecule has 5 nitrogen and oxygen atoms in total. The van der Waals surface area contributed by atoms with Crippen LogP contribution in [0.3, 0.4) is 0 Å². The van der Waals surface area contributed by atoms with Crippen molar-refractivity contribution in [3.8, 4) is 11.5 Å².